The van der Waals surface area contributed by atoms with E-state index in [1.807, 2.05) is 0 Å². The first-order valence-electron chi connectivity index (χ1n) is 5.56. The van der Waals surface area contributed by atoms with E-state index >= 15 is 0 Å². The maximum atomic E-state index is 13.2. The highest BCUT2D eigenvalue weighted by molar-refractivity contribution is 6.73. The molecule has 1 aromatic rings. The molecule has 0 saturated carbocycles. The highest BCUT2D eigenvalue weighted by atomic mass is 19.4. The van der Waals surface area contributed by atoms with E-state index in [-0.39, 0.29) is 5.75 Å². The van der Waals surface area contributed by atoms with Crippen LogP contribution in [0, 0.1) is 5.82 Å². The summed E-state index contributed by atoms with van der Waals surface area (Å²) in [6, 6.07) is 2.60. The third-order valence-corrected chi connectivity index (χ3v) is 2.34. The second-order valence-corrected chi connectivity index (χ2v) is 3.81. The number of methoxy groups -OCH3 is 1. The Bertz CT molecular complexity index is 382. The molecule has 0 fully saturated rings. The zero-order valence-electron chi connectivity index (χ0n) is 9.97. The van der Waals surface area contributed by atoms with Gasteiger partial charge < -0.3 is 22.4 Å². The van der Waals surface area contributed by atoms with Crippen molar-refractivity contribution in [1.29, 1.82) is 0 Å². The number of benzene rings is 1. The van der Waals surface area contributed by atoms with Crippen molar-refractivity contribution in [2.24, 2.45) is 0 Å². The van der Waals surface area contributed by atoms with Crippen LogP contribution in [0.25, 0.3) is 0 Å². The topological polar surface area (TPSA) is 18.5 Å². The van der Waals surface area contributed by atoms with Crippen molar-refractivity contribution in [3.05, 3.63) is 24.0 Å². The van der Waals surface area contributed by atoms with E-state index < -0.39 is 18.3 Å². The molecule has 0 aliphatic rings. The Morgan fingerprint density at radius 3 is 2.33 bits per heavy atom. The Labute approximate surface area is 103 Å². The van der Waals surface area contributed by atoms with Gasteiger partial charge in [0.15, 0.2) is 0 Å². The van der Waals surface area contributed by atoms with Gasteiger partial charge in [0.25, 0.3) is 0 Å². The molecule has 0 aliphatic carbocycles. The molecule has 18 heavy (non-hydrogen) atoms. The Kier molecular flexibility index (Phi) is 5.46. The lowest BCUT2D eigenvalue weighted by molar-refractivity contribution is 0.184. The molecule has 0 N–H and O–H groups in total. The Hall–Kier alpha value is -1.24. The number of hydrogen-bond donors (Lipinski definition) is 0. The highest BCUT2D eigenvalue weighted by Crippen LogP contribution is 2.17. The van der Waals surface area contributed by atoms with Crippen molar-refractivity contribution in [3.8, 4) is 5.75 Å². The van der Waals surface area contributed by atoms with Gasteiger partial charge in [-0.2, -0.15) is 0 Å². The molecule has 0 spiro atoms. The average Bonchev–Trinajstić information content (AvgIpc) is 2.27. The Morgan fingerprint density at radius 2 is 1.78 bits per heavy atom. The number of rotatable bonds is 7. The molecule has 2 nitrogen and oxygen atoms in total. The van der Waals surface area contributed by atoms with Gasteiger partial charge in [-0.25, -0.2) is 4.39 Å². The fourth-order valence-corrected chi connectivity index (χ4v) is 1.40. The van der Waals surface area contributed by atoms with Crippen molar-refractivity contribution in [1.82, 2.24) is 0 Å². The number of ether oxygens (including phenoxy) is 2. The molecular weight excluding hydrogens is 251 g/mol. The van der Waals surface area contributed by atoms with Crippen LogP contribution in [0.15, 0.2) is 18.2 Å². The van der Waals surface area contributed by atoms with Gasteiger partial charge in [0.1, 0.15) is 5.75 Å². The molecule has 102 valence electrons. The molecular formula is C11H14BF4O2-. The summed E-state index contributed by atoms with van der Waals surface area (Å²) >= 11 is 0. The number of halogens is 4. The van der Waals surface area contributed by atoms with Crippen LogP contribution in [-0.2, 0) is 4.74 Å². The predicted molar refractivity (Wildman–Crippen MR) is 61.7 cm³/mol. The van der Waals surface area contributed by atoms with Crippen LogP contribution in [0.1, 0.15) is 12.8 Å². The molecule has 0 atom stereocenters. The van der Waals surface area contributed by atoms with Crippen molar-refractivity contribution in [2.75, 3.05) is 20.3 Å². The fourth-order valence-electron chi connectivity index (χ4n) is 1.40. The van der Waals surface area contributed by atoms with Crippen molar-refractivity contribution < 1.29 is 26.8 Å². The first-order valence-corrected chi connectivity index (χ1v) is 5.56. The molecule has 1 aromatic carbocycles. The monoisotopic (exact) mass is 265 g/mol. The van der Waals surface area contributed by atoms with E-state index in [9.17, 15) is 17.3 Å². The predicted octanol–water partition coefficient (Wildman–Crippen LogP) is 2.69. The zero-order valence-corrected chi connectivity index (χ0v) is 9.97. The summed E-state index contributed by atoms with van der Waals surface area (Å²) in [5.41, 5.74) is -1.22. The minimum Gasteiger partial charge on any atom is -0.493 e. The molecule has 0 aromatic heterocycles. The summed E-state index contributed by atoms with van der Waals surface area (Å²) in [7, 11) is 1.58. The van der Waals surface area contributed by atoms with Crippen LogP contribution in [0.3, 0.4) is 0 Å². The number of unbranched alkanes of at least 4 members (excludes halogenated alkanes) is 1. The van der Waals surface area contributed by atoms with E-state index in [2.05, 4.69) is 0 Å². The third kappa shape index (κ3) is 4.56. The Morgan fingerprint density at radius 1 is 1.11 bits per heavy atom. The first-order chi connectivity index (χ1) is 8.45. The van der Waals surface area contributed by atoms with Crippen LogP contribution < -0.4 is 10.2 Å². The van der Waals surface area contributed by atoms with E-state index in [4.69, 9.17) is 9.47 Å². The molecule has 7 heteroatoms. The third-order valence-electron chi connectivity index (χ3n) is 2.34. The van der Waals surface area contributed by atoms with Gasteiger partial charge in [0, 0.05) is 19.8 Å². The summed E-state index contributed by atoms with van der Waals surface area (Å²) < 4.78 is 60.2. The minimum atomic E-state index is -5.32. The van der Waals surface area contributed by atoms with Crippen LogP contribution in [0.5, 0.6) is 5.75 Å². The van der Waals surface area contributed by atoms with E-state index in [1.165, 1.54) is 0 Å². The van der Waals surface area contributed by atoms with E-state index in [0.717, 1.165) is 18.6 Å². The molecule has 0 amide bonds. The van der Waals surface area contributed by atoms with Crippen LogP contribution in [0.4, 0.5) is 17.3 Å². The fraction of sp³-hybridized carbons (Fsp3) is 0.455. The molecule has 0 radical (unpaired) electrons. The van der Waals surface area contributed by atoms with Gasteiger partial charge in [-0.05, 0) is 18.9 Å². The maximum absolute atomic E-state index is 13.2. The standard InChI is InChI=1S/C11H14BF4O2/c1-17-6-2-3-7-18-9-4-5-10(11(13)8-9)12(14,15)16/h4-5,8H,2-3,6-7H2,1H3/q-1. The van der Waals surface area contributed by atoms with Crippen molar-refractivity contribution >= 4 is 12.4 Å². The molecule has 0 bridgehead atoms. The molecule has 1 rings (SSSR count). The normalized spacial score (nSPS) is 11.6. The van der Waals surface area contributed by atoms with Gasteiger partial charge in [-0.15, -0.1) is 0 Å². The van der Waals surface area contributed by atoms with Crippen molar-refractivity contribution in [3.63, 3.8) is 0 Å². The van der Waals surface area contributed by atoms with Gasteiger partial charge in [-0.3, -0.25) is 0 Å². The summed E-state index contributed by atoms with van der Waals surface area (Å²) in [5.74, 6) is -1.19. The van der Waals surface area contributed by atoms with Crippen molar-refractivity contribution in [2.45, 2.75) is 12.8 Å². The lowest BCUT2D eigenvalue weighted by Crippen LogP contribution is -2.36. The quantitative estimate of drug-likeness (QED) is 0.428. The second-order valence-electron chi connectivity index (χ2n) is 3.81. The minimum absolute atomic E-state index is 0.105. The largest absolute Gasteiger partial charge is 0.512 e. The van der Waals surface area contributed by atoms with E-state index in [0.29, 0.717) is 25.7 Å². The molecule has 0 heterocycles. The SMILES string of the molecule is COCCCCOc1ccc([B-](F)(F)F)c(F)c1. The van der Waals surface area contributed by atoms with Gasteiger partial charge in [0.05, 0.1) is 12.4 Å². The summed E-state index contributed by atoms with van der Waals surface area (Å²) in [5, 5.41) is 0. The maximum Gasteiger partial charge on any atom is 0.512 e. The van der Waals surface area contributed by atoms with Crippen LogP contribution in [-0.4, -0.2) is 27.3 Å². The van der Waals surface area contributed by atoms with Crippen LogP contribution in [0.2, 0.25) is 0 Å². The van der Waals surface area contributed by atoms with Gasteiger partial charge in [0.2, 0.25) is 0 Å². The highest BCUT2D eigenvalue weighted by Gasteiger charge is 2.28. The summed E-state index contributed by atoms with van der Waals surface area (Å²) in [6.45, 7) is -4.41. The summed E-state index contributed by atoms with van der Waals surface area (Å²) in [4.78, 5) is 0. The average molecular weight is 265 g/mol. The van der Waals surface area contributed by atoms with E-state index in [1.54, 1.807) is 7.11 Å². The lowest BCUT2D eigenvalue weighted by atomic mass is 9.80. The zero-order chi connectivity index (χ0) is 13.6. The lowest BCUT2D eigenvalue weighted by Gasteiger charge is -2.16. The summed E-state index contributed by atoms with van der Waals surface area (Å²) in [6.07, 6.45) is 1.48. The van der Waals surface area contributed by atoms with Crippen LogP contribution >= 0.6 is 0 Å². The second kappa shape index (κ2) is 6.63. The number of hydrogen-bond acceptors (Lipinski definition) is 2. The Balaban J connectivity index is 2.52. The smallest absolute Gasteiger partial charge is 0.493 e. The first kappa shape index (κ1) is 14.8. The van der Waals surface area contributed by atoms with Gasteiger partial charge >= 0.3 is 6.98 Å². The molecule has 0 aliphatic heterocycles. The molecule has 0 saturated heterocycles. The molecule has 0 unspecified atom stereocenters. The van der Waals surface area contributed by atoms with Gasteiger partial charge in [-0.1, -0.05) is 11.5 Å².